The van der Waals surface area contributed by atoms with Crippen molar-refractivity contribution in [2.24, 2.45) is 0 Å². The summed E-state index contributed by atoms with van der Waals surface area (Å²) in [5, 5.41) is 9.06. The topological polar surface area (TPSA) is 95.0 Å². The van der Waals surface area contributed by atoms with Gasteiger partial charge in [0.2, 0.25) is 0 Å². The first-order valence-corrected chi connectivity index (χ1v) is 8.21. The maximum absolute atomic E-state index is 12.3. The standard InChI is InChI=1S/C11H18N2O5S/c14-10(15)9-3-1-5-13(9)11(16)12-4-2-7-19(17,18)8-6-12/h9H,1-8H2,(H,14,15). The summed E-state index contributed by atoms with van der Waals surface area (Å²) in [5.41, 5.74) is 0. The Bertz CT molecular complexity index is 475. The van der Waals surface area contributed by atoms with E-state index in [1.807, 2.05) is 0 Å². The Morgan fingerprint density at radius 2 is 1.79 bits per heavy atom. The molecule has 0 aromatic carbocycles. The van der Waals surface area contributed by atoms with Crippen LogP contribution in [0.4, 0.5) is 4.79 Å². The number of hydrogen-bond donors (Lipinski definition) is 1. The van der Waals surface area contributed by atoms with Crippen LogP contribution in [0.1, 0.15) is 19.3 Å². The molecule has 108 valence electrons. The Labute approximate surface area is 112 Å². The van der Waals surface area contributed by atoms with Crippen molar-refractivity contribution in [1.82, 2.24) is 9.80 Å². The average molecular weight is 290 g/mol. The Balaban J connectivity index is 2.05. The lowest BCUT2D eigenvalue weighted by atomic mass is 10.2. The third-order valence-electron chi connectivity index (χ3n) is 3.61. The van der Waals surface area contributed by atoms with Crippen LogP contribution in [0.5, 0.6) is 0 Å². The summed E-state index contributed by atoms with van der Waals surface area (Å²) in [7, 11) is -3.07. The molecule has 2 aliphatic heterocycles. The van der Waals surface area contributed by atoms with E-state index in [0.29, 0.717) is 32.4 Å². The molecule has 0 saturated carbocycles. The number of carbonyl (C=O) groups excluding carboxylic acids is 1. The molecule has 2 fully saturated rings. The zero-order valence-electron chi connectivity index (χ0n) is 10.6. The maximum Gasteiger partial charge on any atom is 0.326 e. The third kappa shape index (κ3) is 3.17. The highest BCUT2D eigenvalue weighted by Gasteiger charge is 2.36. The smallest absolute Gasteiger partial charge is 0.326 e. The fourth-order valence-corrected chi connectivity index (χ4v) is 3.84. The molecule has 2 heterocycles. The molecule has 8 heteroatoms. The van der Waals surface area contributed by atoms with Crippen LogP contribution >= 0.6 is 0 Å². The molecule has 1 unspecified atom stereocenters. The lowest BCUT2D eigenvalue weighted by molar-refractivity contribution is -0.141. The van der Waals surface area contributed by atoms with Gasteiger partial charge >= 0.3 is 12.0 Å². The third-order valence-corrected chi connectivity index (χ3v) is 5.32. The monoisotopic (exact) mass is 290 g/mol. The van der Waals surface area contributed by atoms with Gasteiger partial charge in [-0.1, -0.05) is 0 Å². The summed E-state index contributed by atoms with van der Waals surface area (Å²) in [6.45, 7) is 0.962. The van der Waals surface area contributed by atoms with Gasteiger partial charge in [-0.25, -0.2) is 18.0 Å². The Morgan fingerprint density at radius 1 is 1.05 bits per heavy atom. The molecule has 2 amide bonds. The lowest BCUT2D eigenvalue weighted by Gasteiger charge is -2.29. The Morgan fingerprint density at radius 3 is 2.47 bits per heavy atom. The summed E-state index contributed by atoms with van der Waals surface area (Å²) >= 11 is 0. The van der Waals surface area contributed by atoms with E-state index in [1.54, 1.807) is 0 Å². The summed E-state index contributed by atoms with van der Waals surface area (Å²) < 4.78 is 23.0. The van der Waals surface area contributed by atoms with Gasteiger partial charge in [0.15, 0.2) is 9.84 Å². The quantitative estimate of drug-likeness (QED) is 0.720. The minimum Gasteiger partial charge on any atom is -0.480 e. The van der Waals surface area contributed by atoms with Crippen LogP contribution in [-0.2, 0) is 14.6 Å². The predicted octanol–water partition coefficient (Wildman–Crippen LogP) is -0.224. The van der Waals surface area contributed by atoms with Gasteiger partial charge in [-0.15, -0.1) is 0 Å². The van der Waals surface area contributed by atoms with Gasteiger partial charge in [-0.2, -0.15) is 0 Å². The van der Waals surface area contributed by atoms with Gasteiger partial charge in [-0.3, -0.25) is 0 Å². The molecule has 0 aliphatic carbocycles. The first kappa shape index (κ1) is 14.1. The highest BCUT2D eigenvalue weighted by molar-refractivity contribution is 7.91. The summed E-state index contributed by atoms with van der Waals surface area (Å²) in [5.74, 6) is -0.933. The molecule has 0 aromatic rings. The SMILES string of the molecule is O=C(O)C1CCCN1C(=O)N1CCCS(=O)(=O)CC1. The number of hydrogen-bond acceptors (Lipinski definition) is 4. The molecule has 0 bridgehead atoms. The number of carbonyl (C=O) groups is 2. The molecule has 7 nitrogen and oxygen atoms in total. The van der Waals surface area contributed by atoms with Crippen LogP contribution in [0, 0.1) is 0 Å². The molecule has 1 N–H and O–H groups in total. The number of likely N-dealkylation sites (tertiary alicyclic amines) is 1. The van der Waals surface area contributed by atoms with Gasteiger partial charge < -0.3 is 14.9 Å². The van der Waals surface area contributed by atoms with Crippen molar-refractivity contribution in [2.45, 2.75) is 25.3 Å². The van der Waals surface area contributed by atoms with Crippen LogP contribution in [0.25, 0.3) is 0 Å². The van der Waals surface area contributed by atoms with Crippen LogP contribution in [0.3, 0.4) is 0 Å². The molecule has 0 spiro atoms. The van der Waals surface area contributed by atoms with E-state index >= 15 is 0 Å². The van der Waals surface area contributed by atoms with E-state index in [1.165, 1.54) is 9.80 Å². The van der Waals surface area contributed by atoms with E-state index in [0.717, 1.165) is 0 Å². The first-order valence-electron chi connectivity index (χ1n) is 6.39. The summed E-state index contributed by atoms with van der Waals surface area (Å²) in [6.07, 6.45) is 1.56. The number of nitrogens with zero attached hydrogens (tertiary/aromatic N) is 2. The van der Waals surface area contributed by atoms with E-state index in [9.17, 15) is 18.0 Å². The van der Waals surface area contributed by atoms with Crippen molar-refractivity contribution in [2.75, 3.05) is 31.1 Å². The van der Waals surface area contributed by atoms with Crippen LogP contribution in [0.15, 0.2) is 0 Å². The molecular formula is C11H18N2O5S. The highest BCUT2D eigenvalue weighted by Crippen LogP contribution is 2.20. The van der Waals surface area contributed by atoms with E-state index < -0.39 is 21.8 Å². The average Bonchev–Trinajstić information content (AvgIpc) is 2.74. The van der Waals surface area contributed by atoms with Gasteiger partial charge in [0, 0.05) is 19.6 Å². The van der Waals surface area contributed by atoms with Gasteiger partial charge in [0.1, 0.15) is 6.04 Å². The number of carboxylic acid groups (broad SMARTS) is 1. The largest absolute Gasteiger partial charge is 0.480 e. The lowest BCUT2D eigenvalue weighted by Crippen LogP contribution is -2.48. The van der Waals surface area contributed by atoms with Crippen molar-refractivity contribution < 1.29 is 23.1 Å². The van der Waals surface area contributed by atoms with Crippen LogP contribution < -0.4 is 0 Å². The number of carboxylic acids is 1. The zero-order valence-corrected chi connectivity index (χ0v) is 11.4. The van der Waals surface area contributed by atoms with Gasteiger partial charge in [0.25, 0.3) is 0 Å². The summed E-state index contributed by atoms with van der Waals surface area (Å²) in [6, 6.07) is -1.12. The van der Waals surface area contributed by atoms with Crippen molar-refractivity contribution in [3.05, 3.63) is 0 Å². The van der Waals surface area contributed by atoms with E-state index in [4.69, 9.17) is 5.11 Å². The van der Waals surface area contributed by atoms with Crippen molar-refractivity contribution >= 4 is 21.8 Å². The summed E-state index contributed by atoms with van der Waals surface area (Å²) in [4.78, 5) is 26.1. The molecule has 2 saturated heterocycles. The van der Waals surface area contributed by atoms with Crippen LogP contribution in [-0.4, -0.2) is 72.5 Å². The number of rotatable bonds is 1. The molecule has 2 aliphatic rings. The van der Waals surface area contributed by atoms with Crippen molar-refractivity contribution in [1.29, 1.82) is 0 Å². The molecule has 0 radical (unpaired) electrons. The van der Waals surface area contributed by atoms with Crippen LogP contribution in [0.2, 0.25) is 0 Å². The molecule has 2 rings (SSSR count). The number of amides is 2. The molecule has 1 atom stereocenters. The Kier molecular flexibility index (Phi) is 3.98. The maximum atomic E-state index is 12.3. The molecule has 0 aromatic heterocycles. The second kappa shape index (κ2) is 5.36. The zero-order chi connectivity index (χ0) is 14.0. The fourth-order valence-electron chi connectivity index (χ4n) is 2.56. The molecular weight excluding hydrogens is 272 g/mol. The van der Waals surface area contributed by atoms with E-state index in [2.05, 4.69) is 0 Å². The number of sulfone groups is 1. The fraction of sp³-hybridized carbons (Fsp3) is 0.818. The van der Waals surface area contributed by atoms with Crippen molar-refractivity contribution in [3.63, 3.8) is 0 Å². The van der Waals surface area contributed by atoms with Gasteiger partial charge in [0.05, 0.1) is 11.5 Å². The highest BCUT2D eigenvalue weighted by atomic mass is 32.2. The minimum absolute atomic E-state index is 0.0374. The minimum atomic E-state index is -3.07. The van der Waals surface area contributed by atoms with E-state index in [-0.39, 0.29) is 24.1 Å². The Hall–Kier alpha value is -1.31. The van der Waals surface area contributed by atoms with Crippen molar-refractivity contribution in [3.8, 4) is 0 Å². The second-order valence-corrected chi connectivity index (χ2v) is 7.27. The predicted molar refractivity (Wildman–Crippen MR) is 67.6 cm³/mol. The number of urea groups is 1. The first-order chi connectivity index (χ1) is 8.91. The number of aliphatic carboxylic acids is 1. The molecule has 19 heavy (non-hydrogen) atoms. The second-order valence-electron chi connectivity index (χ2n) is 4.96. The van der Waals surface area contributed by atoms with Gasteiger partial charge in [-0.05, 0) is 19.3 Å². The normalized spacial score (nSPS) is 27.1.